The van der Waals surface area contributed by atoms with Crippen LogP contribution in [0.5, 0.6) is 5.75 Å². The van der Waals surface area contributed by atoms with Crippen molar-refractivity contribution >= 4 is 16.9 Å². The molecule has 0 saturated heterocycles. The van der Waals surface area contributed by atoms with Crippen LogP contribution in [0, 0.1) is 6.92 Å². The standard InChI is InChI=1S/C24H31NO6/c1-16-12-22(27)31-24-19(16)13-17(8-9-21(26)29-11-10-28-2)23-20(24)14-25(15-30-23)18-6-4-3-5-7-18/h12-13,18H,3-11,14-15H2,1-2H3. The van der Waals surface area contributed by atoms with Gasteiger partial charge in [-0.2, -0.15) is 0 Å². The zero-order valence-corrected chi connectivity index (χ0v) is 18.4. The second-order valence-corrected chi connectivity index (χ2v) is 8.49. The smallest absolute Gasteiger partial charge is 0.336 e. The minimum Gasteiger partial charge on any atom is -0.477 e. The molecule has 1 aromatic heterocycles. The van der Waals surface area contributed by atoms with Gasteiger partial charge in [-0.05, 0) is 43.4 Å². The SMILES string of the molecule is COCCOC(=O)CCc1cc2c(C)cc(=O)oc2c2c1OCN(C1CCCCC1)C2. The van der Waals surface area contributed by atoms with Crippen LogP contribution < -0.4 is 10.4 Å². The highest BCUT2D eigenvalue weighted by molar-refractivity contribution is 5.86. The maximum absolute atomic E-state index is 12.1. The molecule has 4 rings (SSSR count). The van der Waals surface area contributed by atoms with Gasteiger partial charge in [0.2, 0.25) is 0 Å². The van der Waals surface area contributed by atoms with E-state index in [9.17, 15) is 9.59 Å². The first-order valence-corrected chi connectivity index (χ1v) is 11.2. The number of methoxy groups -OCH3 is 1. The van der Waals surface area contributed by atoms with Gasteiger partial charge < -0.3 is 18.6 Å². The lowest BCUT2D eigenvalue weighted by molar-refractivity contribution is -0.144. The molecule has 0 N–H and O–H groups in total. The molecule has 31 heavy (non-hydrogen) atoms. The van der Waals surface area contributed by atoms with Gasteiger partial charge in [-0.15, -0.1) is 0 Å². The van der Waals surface area contributed by atoms with Crippen LogP contribution in [0.25, 0.3) is 11.0 Å². The summed E-state index contributed by atoms with van der Waals surface area (Å²) >= 11 is 0. The summed E-state index contributed by atoms with van der Waals surface area (Å²) in [6, 6.07) is 4.00. The Balaban J connectivity index is 1.63. The molecule has 1 aliphatic heterocycles. The molecule has 7 heteroatoms. The fraction of sp³-hybridized carbons (Fsp3) is 0.583. The molecular weight excluding hydrogens is 398 g/mol. The molecule has 168 valence electrons. The van der Waals surface area contributed by atoms with Gasteiger partial charge in [-0.3, -0.25) is 9.69 Å². The van der Waals surface area contributed by atoms with Gasteiger partial charge in [-0.1, -0.05) is 19.3 Å². The van der Waals surface area contributed by atoms with Gasteiger partial charge in [0.05, 0.1) is 12.2 Å². The maximum atomic E-state index is 12.1. The van der Waals surface area contributed by atoms with Crippen molar-refractivity contribution in [1.29, 1.82) is 0 Å². The van der Waals surface area contributed by atoms with Gasteiger partial charge in [-0.25, -0.2) is 4.79 Å². The predicted octanol–water partition coefficient (Wildman–Crippen LogP) is 3.71. The second-order valence-electron chi connectivity index (χ2n) is 8.49. The summed E-state index contributed by atoms with van der Waals surface area (Å²) in [5, 5.41) is 0.898. The molecular formula is C24H31NO6. The Hall–Kier alpha value is -2.38. The Morgan fingerprint density at radius 1 is 1.19 bits per heavy atom. The summed E-state index contributed by atoms with van der Waals surface area (Å²) in [5.41, 5.74) is 2.99. The zero-order valence-electron chi connectivity index (χ0n) is 18.4. The number of ether oxygens (including phenoxy) is 3. The molecule has 0 amide bonds. The van der Waals surface area contributed by atoms with E-state index in [0.29, 0.717) is 37.9 Å². The van der Waals surface area contributed by atoms with Crippen molar-refractivity contribution in [2.24, 2.45) is 0 Å². The van der Waals surface area contributed by atoms with Gasteiger partial charge in [0.25, 0.3) is 0 Å². The first-order chi connectivity index (χ1) is 15.1. The third-order valence-electron chi connectivity index (χ3n) is 6.34. The highest BCUT2D eigenvalue weighted by Gasteiger charge is 2.30. The predicted molar refractivity (Wildman–Crippen MR) is 116 cm³/mol. The average molecular weight is 430 g/mol. The topological polar surface area (TPSA) is 78.2 Å². The van der Waals surface area contributed by atoms with Gasteiger partial charge in [0, 0.05) is 37.6 Å². The number of benzene rings is 1. The highest BCUT2D eigenvalue weighted by atomic mass is 16.6. The fourth-order valence-corrected chi connectivity index (χ4v) is 4.69. The Bertz CT molecular complexity index is 992. The number of carbonyl (C=O) groups is 1. The molecule has 2 aliphatic rings. The quantitative estimate of drug-likeness (QED) is 0.377. The molecule has 1 aliphatic carbocycles. The fourth-order valence-electron chi connectivity index (χ4n) is 4.69. The van der Waals surface area contributed by atoms with E-state index in [1.807, 2.05) is 13.0 Å². The Labute approximate surface area is 182 Å². The van der Waals surface area contributed by atoms with E-state index in [1.54, 1.807) is 7.11 Å². The van der Waals surface area contributed by atoms with Crippen LogP contribution in [0.3, 0.4) is 0 Å². The first-order valence-electron chi connectivity index (χ1n) is 11.2. The summed E-state index contributed by atoms with van der Waals surface area (Å²) in [6.45, 7) is 3.76. The largest absolute Gasteiger partial charge is 0.477 e. The van der Waals surface area contributed by atoms with Crippen molar-refractivity contribution < 1.29 is 23.4 Å². The number of rotatable bonds is 7. The highest BCUT2D eigenvalue weighted by Crippen LogP contribution is 2.39. The number of hydrogen-bond donors (Lipinski definition) is 0. The van der Waals surface area contributed by atoms with Crippen LogP contribution >= 0.6 is 0 Å². The Morgan fingerprint density at radius 3 is 2.77 bits per heavy atom. The van der Waals surface area contributed by atoms with Crippen molar-refractivity contribution in [3.8, 4) is 5.75 Å². The van der Waals surface area contributed by atoms with E-state index in [0.717, 1.165) is 27.8 Å². The molecule has 0 spiro atoms. The Morgan fingerprint density at radius 2 is 2.00 bits per heavy atom. The molecule has 7 nitrogen and oxygen atoms in total. The van der Waals surface area contributed by atoms with E-state index >= 15 is 0 Å². The van der Waals surface area contributed by atoms with Crippen LogP contribution in [-0.4, -0.2) is 44.0 Å². The summed E-state index contributed by atoms with van der Waals surface area (Å²) in [4.78, 5) is 26.6. The molecule has 2 aromatic rings. The molecule has 0 unspecified atom stereocenters. The first kappa shape index (κ1) is 21.8. The van der Waals surface area contributed by atoms with Crippen LogP contribution in [0.15, 0.2) is 21.3 Å². The average Bonchev–Trinajstić information content (AvgIpc) is 2.78. The number of carbonyl (C=O) groups excluding carboxylic acids is 1. The second kappa shape index (κ2) is 9.83. The van der Waals surface area contributed by atoms with Crippen molar-refractivity contribution in [2.45, 2.75) is 64.5 Å². The molecule has 0 radical (unpaired) electrons. The lowest BCUT2D eigenvalue weighted by atomic mass is 9.92. The lowest BCUT2D eigenvalue weighted by Gasteiger charge is -2.38. The van der Waals surface area contributed by atoms with Crippen molar-refractivity contribution in [1.82, 2.24) is 4.90 Å². The van der Waals surface area contributed by atoms with Gasteiger partial charge in [0.15, 0.2) is 0 Å². The third kappa shape index (κ3) is 4.93. The molecule has 2 heterocycles. The third-order valence-corrected chi connectivity index (χ3v) is 6.34. The van der Waals surface area contributed by atoms with E-state index < -0.39 is 0 Å². The Kier molecular flexibility index (Phi) is 6.92. The number of aryl methyl sites for hydroxylation is 2. The summed E-state index contributed by atoms with van der Waals surface area (Å²) in [6.07, 6.45) is 6.89. The molecule has 1 fully saturated rings. The monoisotopic (exact) mass is 429 g/mol. The molecule has 0 bridgehead atoms. The number of esters is 1. The summed E-state index contributed by atoms with van der Waals surface area (Å²) in [5.74, 6) is 0.486. The van der Waals surface area contributed by atoms with E-state index in [-0.39, 0.29) is 24.6 Å². The van der Waals surface area contributed by atoms with E-state index in [1.165, 1.54) is 38.2 Å². The van der Waals surface area contributed by atoms with Gasteiger partial charge in [0.1, 0.15) is 24.7 Å². The number of fused-ring (bicyclic) bond motifs is 3. The maximum Gasteiger partial charge on any atom is 0.336 e. The molecule has 1 aromatic carbocycles. The van der Waals surface area contributed by atoms with Crippen molar-refractivity contribution in [3.05, 3.63) is 39.2 Å². The minimum atomic E-state index is -0.350. The number of nitrogens with zero attached hydrogens (tertiary/aromatic N) is 1. The van der Waals surface area contributed by atoms with E-state index in [2.05, 4.69) is 4.90 Å². The van der Waals surface area contributed by atoms with Crippen LogP contribution in [-0.2, 0) is 27.2 Å². The minimum absolute atomic E-state index is 0.252. The van der Waals surface area contributed by atoms with Crippen LogP contribution in [0.4, 0.5) is 0 Å². The molecule has 0 atom stereocenters. The lowest BCUT2D eigenvalue weighted by Crippen LogP contribution is -2.41. The van der Waals surface area contributed by atoms with Crippen molar-refractivity contribution in [3.63, 3.8) is 0 Å². The van der Waals surface area contributed by atoms with Crippen LogP contribution in [0.1, 0.15) is 55.2 Å². The van der Waals surface area contributed by atoms with Crippen LogP contribution in [0.2, 0.25) is 0 Å². The zero-order chi connectivity index (χ0) is 21.8. The number of hydrogen-bond acceptors (Lipinski definition) is 7. The van der Waals surface area contributed by atoms with E-state index in [4.69, 9.17) is 18.6 Å². The van der Waals surface area contributed by atoms with Gasteiger partial charge >= 0.3 is 11.6 Å². The normalized spacial score (nSPS) is 17.4. The van der Waals surface area contributed by atoms with Crippen molar-refractivity contribution in [2.75, 3.05) is 27.1 Å². The molecule has 1 saturated carbocycles. The summed E-state index contributed by atoms with van der Waals surface area (Å²) < 4.78 is 22.0. The summed E-state index contributed by atoms with van der Waals surface area (Å²) in [7, 11) is 1.57.